The number of rotatable bonds is 2. The van der Waals surface area contributed by atoms with Crippen molar-refractivity contribution in [3.8, 4) is 0 Å². The van der Waals surface area contributed by atoms with Gasteiger partial charge in [0.1, 0.15) is 6.21 Å². The van der Waals surface area contributed by atoms with Gasteiger partial charge < -0.3 is 10.5 Å². The molecule has 1 aliphatic heterocycles. The second kappa shape index (κ2) is 4.34. The van der Waals surface area contributed by atoms with Crippen molar-refractivity contribution >= 4 is 6.21 Å². The molecule has 0 aromatic heterocycles. The van der Waals surface area contributed by atoms with Gasteiger partial charge in [0.15, 0.2) is 6.54 Å². The maximum absolute atomic E-state index is 10.9. The van der Waals surface area contributed by atoms with Gasteiger partial charge in [-0.1, -0.05) is 0 Å². The molecule has 3 heteroatoms. The first-order chi connectivity index (χ1) is 5.33. The average molecular weight is 156 g/mol. The largest absolute Gasteiger partial charge is 0.624 e. The normalized spacial score (nSPS) is 22.1. The van der Waals surface area contributed by atoms with E-state index in [4.69, 9.17) is 0 Å². The summed E-state index contributed by atoms with van der Waals surface area (Å²) in [5.74, 6) is 0.602. The standard InChI is InChI=1S/C8H16N2O/c1-2-10(11)7-8-3-5-9-6-4-8/h2,8-9H,3-7H2,1H3/b10-2-. The molecule has 1 rings (SSSR count). The number of hydrogen-bond acceptors (Lipinski definition) is 2. The summed E-state index contributed by atoms with van der Waals surface area (Å²) in [6.07, 6.45) is 3.89. The Kier molecular flexibility index (Phi) is 3.36. The molecular formula is C8H16N2O. The molecule has 0 saturated carbocycles. The van der Waals surface area contributed by atoms with Crippen LogP contribution in [0.3, 0.4) is 0 Å². The van der Waals surface area contributed by atoms with E-state index < -0.39 is 0 Å². The first-order valence-electron chi connectivity index (χ1n) is 4.27. The van der Waals surface area contributed by atoms with Crippen molar-refractivity contribution in [1.82, 2.24) is 5.32 Å². The van der Waals surface area contributed by atoms with E-state index in [1.165, 1.54) is 0 Å². The molecule has 0 amide bonds. The van der Waals surface area contributed by atoms with Gasteiger partial charge in [0.2, 0.25) is 0 Å². The van der Waals surface area contributed by atoms with E-state index >= 15 is 0 Å². The summed E-state index contributed by atoms with van der Waals surface area (Å²) in [6.45, 7) is 4.61. The molecular weight excluding hydrogens is 140 g/mol. The lowest BCUT2D eigenvalue weighted by atomic mass is 9.98. The average Bonchev–Trinajstić information content (AvgIpc) is 2.06. The zero-order chi connectivity index (χ0) is 8.10. The van der Waals surface area contributed by atoms with Crippen molar-refractivity contribution in [3.05, 3.63) is 5.21 Å². The molecule has 1 heterocycles. The van der Waals surface area contributed by atoms with Crippen LogP contribution in [0.25, 0.3) is 0 Å². The Morgan fingerprint density at radius 1 is 1.55 bits per heavy atom. The fraction of sp³-hybridized carbons (Fsp3) is 0.875. The summed E-state index contributed by atoms with van der Waals surface area (Å²) in [7, 11) is 0. The Morgan fingerprint density at radius 3 is 2.73 bits per heavy atom. The molecule has 0 aromatic rings. The van der Waals surface area contributed by atoms with Gasteiger partial charge in [-0.15, -0.1) is 0 Å². The molecule has 0 unspecified atom stereocenters. The second-order valence-corrected chi connectivity index (χ2v) is 3.05. The monoisotopic (exact) mass is 156 g/mol. The van der Waals surface area contributed by atoms with E-state index in [1.807, 2.05) is 0 Å². The highest BCUT2D eigenvalue weighted by Crippen LogP contribution is 2.10. The highest BCUT2D eigenvalue weighted by molar-refractivity contribution is 5.46. The third kappa shape index (κ3) is 2.89. The van der Waals surface area contributed by atoms with E-state index in [9.17, 15) is 5.21 Å². The molecule has 3 nitrogen and oxygen atoms in total. The lowest BCUT2D eigenvalue weighted by Gasteiger charge is -2.21. The van der Waals surface area contributed by atoms with Crippen LogP contribution in [0.5, 0.6) is 0 Å². The van der Waals surface area contributed by atoms with Crippen molar-refractivity contribution in [1.29, 1.82) is 0 Å². The summed E-state index contributed by atoms with van der Waals surface area (Å²) in [5.41, 5.74) is 0. The van der Waals surface area contributed by atoms with Gasteiger partial charge in [-0.25, -0.2) is 4.74 Å². The fourth-order valence-electron chi connectivity index (χ4n) is 1.42. The highest BCUT2D eigenvalue weighted by Gasteiger charge is 2.15. The van der Waals surface area contributed by atoms with E-state index in [0.29, 0.717) is 12.5 Å². The summed E-state index contributed by atoms with van der Waals surface area (Å²) in [4.78, 5) is 0. The maximum atomic E-state index is 10.9. The molecule has 0 aromatic carbocycles. The van der Waals surface area contributed by atoms with Crippen LogP contribution in [-0.2, 0) is 0 Å². The summed E-state index contributed by atoms with van der Waals surface area (Å²) in [6, 6.07) is 0. The molecule has 64 valence electrons. The van der Waals surface area contributed by atoms with Crippen molar-refractivity contribution < 1.29 is 4.74 Å². The molecule has 1 saturated heterocycles. The second-order valence-electron chi connectivity index (χ2n) is 3.05. The number of piperidine rings is 1. The van der Waals surface area contributed by atoms with Crippen molar-refractivity contribution in [2.24, 2.45) is 5.92 Å². The Bertz CT molecular complexity index is 139. The smallest absolute Gasteiger partial charge is 0.155 e. The Morgan fingerprint density at radius 2 is 2.18 bits per heavy atom. The molecule has 1 aliphatic rings. The van der Waals surface area contributed by atoms with Crippen LogP contribution in [0.1, 0.15) is 19.8 Å². The van der Waals surface area contributed by atoms with Crippen molar-refractivity contribution in [3.63, 3.8) is 0 Å². The Hall–Kier alpha value is -0.570. The third-order valence-electron chi connectivity index (χ3n) is 2.18. The van der Waals surface area contributed by atoms with Gasteiger partial charge in [0.25, 0.3) is 0 Å². The van der Waals surface area contributed by atoms with Crippen LogP contribution in [0.2, 0.25) is 0 Å². The molecule has 11 heavy (non-hydrogen) atoms. The zero-order valence-corrected chi connectivity index (χ0v) is 7.05. The Labute approximate surface area is 67.7 Å². The lowest BCUT2D eigenvalue weighted by molar-refractivity contribution is -0.462. The van der Waals surface area contributed by atoms with Crippen LogP contribution in [0.15, 0.2) is 0 Å². The van der Waals surface area contributed by atoms with Crippen molar-refractivity contribution in [2.45, 2.75) is 19.8 Å². The van der Waals surface area contributed by atoms with Crippen LogP contribution < -0.4 is 5.32 Å². The number of hydrogen-bond donors (Lipinski definition) is 1. The minimum atomic E-state index is 0.602. The molecule has 0 atom stereocenters. The van der Waals surface area contributed by atoms with Gasteiger partial charge >= 0.3 is 0 Å². The predicted molar refractivity (Wildman–Crippen MR) is 45.8 cm³/mol. The van der Waals surface area contributed by atoms with Crippen LogP contribution in [0.4, 0.5) is 0 Å². The van der Waals surface area contributed by atoms with Gasteiger partial charge in [0, 0.05) is 12.8 Å². The van der Waals surface area contributed by atoms with Crippen LogP contribution in [0, 0.1) is 11.1 Å². The molecule has 0 spiro atoms. The number of nitrogens with zero attached hydrogens (tertiary/aromatic N) is 1. The minimum Gasteiger partial charge on any atom is -0.624 e. The molecule has 0 radical (unpaired) electrons. The summed E-state index contributed by atoms with van der Waals surface area (Å²) < 4.78 is 1.04. The Balaban J connectivity index is 2.24. The molecule has 0 aliphatic carbocycles. The summed E-state index contributed by atoms with van der Waals surface area (Å²) >= 11 is 0. The van der Waals surface area contributed by atoms with Gasteiger partial charge in [-0.2, -0.15) is 0 Å². The maximum Gasteiger partial charge on any atom is 0.155 e. The molecule has 1 N–H and O–H groups in total. The van der Waals surface area contributed by atoms with Crippen LogP contribution in [-0.4, -0.2) is 30.6 Å². The van der Waals surface area contributed by atoms with Gasteiger partial charge in [-0.05, 0) is 25.9 Å². The SMILES string of the molecule is C/C=[N+](\[O-])CC1CCNCC1. The first-order valence-corrected chi connectivity index (χ1v) is 4.27. The molecule has 1 fully saturated rings. The molecule has 0 bridgehead atoms. The lowest BCUT2D eigenvalue weighted by Crippen LogP contribution is -2.31. The van der Waals surface area contributed by atoms with E-state index in [0.717, 1.165) is 30.7 Å². The first kappa shape index (κ1) is 8.53. The fourth-order valence-corrected chi connectivity index (χ4v) is 1.42. The zero-order valence-electron chi connectivity index (χ0n) is 7.05. The van der Waals surface area contributed by atoms with E-state index in [-0.39, 0.29) is 0 Å². The quantitative estimate of drug-likeness (QED) is 0.275. The van der Waals surface area contributed by atoms with Crippen LogP contribution >= 0.6 is 0 Å². The topological polar surface area (TPSA) is 38.1 Å². The number of hydroxylamine groups is 1. The predicted octanol–water partition coefficient (Wildman–Crippen LogP) is 0.587. The van der Waals surface area contributed by atoms with E-state index in [2.05, 4.69) is 5.32 Å². The van der Waals surface area contributed by atoms with E-state index in [1.54, 1.807) is 13.1 Å². The van der Waals surface area contributed by atoms with Gasteiger partial charge in [-0.3, -0.25) is 0 Å². The summed E-state index contributed by atoms with van der Waals surface area (Å²) in [5, 5.41) is 14.2. The van der Waals surface area contributed by atoms with Gasteiger partial charge in [0.05, 0.1) is 0 Å². The minimum absolute atomic E-state index is 0.602. The third-order valence-corrected chi connectivity index (χ3v) is 2.18. The van der Waals surface area contributed by atoms with Crippen molar-refractivity contribution in [2.75, 3.05) is 19.6 Å². The highest BCUT2D eigenvalue weighted by atomic mass is 16.5. The number of nitrogens with one attached hydrogen (secondary N) is 1.